The highest BCUT2D eigenvalue weighted by Crippen LogP contribution is 2.55. The molecule has 0 N–H and O–H groups in total. The highest BCUT2D eigenvalue weighted by molar-refractivity contribution is 6.67. The van der Waals surface area contributed by atoms with Crippen LogP contribution in [0.2, 0.25) is 12.1 Å². The number of nitrogens with zero attached hydrogens (tertiary/aromatic N) is 2. The third-order valence-electron chi connectivity index (χ3n) is 5.42. The van der Waals surface area contributed by atoms with E-state index in [2.05, 4.69) is 55.9 Å². The molecule has 0 radical (unpaired) electrons. The van der Waals surface area contributed by atoms with Crippen molar-refractivity contribution >= 4 is 8.40 Å². The van der Waals surface area contributed by atoms with Crippen LogP contribution >= 0.6 is 0 Å². The number of rotatable bonds is 0. The second-order valence-corrected chi connectivity index (χ2v) is 14.4. The fraction of sp³-hybridized carbons (Fsp3) is 1.00. The van der Waals surface area contributed by atoms with Gasteiger partial charge >= 0.3 is 8.40 Å². The first-order chi connectivity index (χ1) is 7.33. The Hall–Kier alpha value is 0.137. The first-order valence-corrected chi connectivity index (χ1v) is 9.30. The average Bonchev–Trinajstić information content (AvgIpc) is 2.22. The fourth-order valence-corrected chi connectivity index (χ4v) is 13.8. The summed E-state index contributed by atoms with van der Waals surface area (Å²) in [4.78, 5) is 0. The lowest BCUT2D eigenvalue weighted by atomic mass is 9.96. The van der Waals surface area contributed by atoms with Gasteiger partial charge in [-0.25, -0.2) is 0 Å². The highest BCUT2D eigenvalue weighted by atomic mass is 28.4. The Labute approximate surface area is 109 Å². The Bertz CT molecular complexity index is 308. The van der Waals surface area contributed by atoms with E-state index >= 15 is 0 Å². The summed E-state index contributed by atoms with van der Waals surface area (Å²) in [5.41, 5.74) is 1.09. The zero-order valence-electron chi connectivity index (χ0n) is 13.2. The van der Waals surface area contributed by atoms with Gasteiger partial charge in [0.15, 0.2) is 0 Å². The minimum absolute atomic E-state index is 0.547. The number of hydrogen-bond acceptors (Lipinski definition) is 0. The van der Waals surface area contributed by atoms with Gasteiger partial charge in [0, 0.05) is 10.8 Å². The van der Waals surface area contributed by atoms with Gasteiger partial charge in [0.05, 0.1) is 53.4 Å². The Kier molecular flexibility index (Phi) is 2.53. The summed E-state index contributed by atoms with van der Waals surface area (Å²) >= 11 is 0. The molecule has 0 atom stereocenters. The molecule has 2 rings (SSSR count). The van der Waals surface area contributed by atoms with Gasteiger partial charge in [0.1, 0.15) is 0 Å². The monoisotopic (exact) mass is 256 g/mol. The molecule has 0 unspecified atom stereocenters. The van der Waals surface area contributed by atoms with Gasteiger partial charge < -0.3 is 8.30 Å². The van der Waals surface area contributed by atoms with Gasteiger partial charge in [-0.05, 0) is 0 Å². The normalized spacial score (nSPS) is 35.3. The van der Waals surface area contributed by atoms with Crippen molar-refractivity contribution in [1.82, 2.24) is 0 Å². The van der Waals surface area contributed by atoms with Crippen molar-refractivity contribution in [2.24, 2.45) is 10.8 Å². The maximum Gasteiger partial charge on any atom is 0.522 e. The summed E-state index contributed by atoms with van der Waals surface area (Å²) in [5.74, 6) is 0. The zero-order chi connectivity index (χ0) is 13.3. The Balaban J connectivity index is 2.50. The molecular formula is C14H32N2Si+2. The van der Waals surface area contributed by atoms with Crippen LogP contribution in [-0.4, -0.2) is 58.0 Å². The van der Waals surface area contributed by atoms with Crippen LogP contribution in [0, 0.1) is 10.8 Å². The fourth-order valence-electron chi connectivity index (χ4n) is 5.73. The molecule has 17 heavy (non-hydrogen) atoms. The Morgan fingerprint density at radius 3 is 1.18 bits per heavy atom. The lowest BCUT2D eigenvalue weighted by Crippen LogP contribution is -2.73. The van der Waals surface area contributed by atoms with Crippen LogP contribution in [0.5, 0.6) is 0 Å². The largest absolute Gasteiger partial charge is 0.522 e. The molecule has 1 spiro atoms. The Morgan fingerprint density at radius 1 is 0.706 bits per heavy atom. The molecule has 3 heteroatoms. The van der Waals surface area contributed by atoms with Crippen LogP contribution in [0.1, 0.15) is 27.7 Å². The lowest BCUT2D eigenvalue weighted by Gasteiger charge is -2.45. The predicted molar refractivity (Wildman–Crippen MR) is 76.9 cm³/mol. The third kappa shape index (κ3) is 1.82. The summed E-state index contributed by atoms with van der Waals surface area (Å²) < 4.78 is 2.66. The number of quaternary nitrogens is 2. The zero-order valence-corrected chi connectivity index (χ0v) is 14.2. The number of hydrogen-bond donors (Lipinski definition) is 0. The molecule has 0 bridgehead atoms. The molecule has 0 aliphatic carbocycles. The summed E-state index contributed by atoms with van der Waals surface area (Å²) in [6.07, 6.45) is 0. The van der Waals surface area contributed by atoms with E-state index < -0.39 is 8.40 Å². The van der Waals surface area contributed by atoms with Crippen molar-refractivity contribution in [3.05, 3.63) is 0 Å². The summed E-state index contributed by atoms with van der Waals surface area (Å²) in [7, 11) is 8.74. The second kappa shape index (κ2) is 3.17. The SMILES string of the molecule is CC1(C)C[N+](C)(C)[Si]2(C1)CC(C)(C)C[N+]2(C)C. The van der Waals surface area contributed by atoms with E-state index in [0.29, 0.717) is 10.8 Å². The van der Waals surface area contributed by atoms with Gasteiger partial charge in [-0.15, -0.1) is 0 Å². The third-order valence-corrected chi connectivity index (χ3v) is 13.3. The summed E-state index contributed by atoms with van der Waals surface area (Å²) in [5, 5.41) is 0. The van der Waals surface area contributed by atoms with Crippen LogP contribution in [-0.2, 0) is 0 Å². The van der Waals surface area contributed by atoms with E-state index in [4.69, 9.17) is 0 Å². The van der Waals surface area contributed by atoms with Crippen LogP contribution in [0.15, 0.2) is 0 Å². The van der Waals surface area contributed by atoms with Crippen LogP contribution in [0.3, 0.4) is 0 Å². The van der Waals surface area contributed by atoms with Crippen molar-refractivity contribution < 1.29 is 8.30 Å². The molecule has 0 aromatic heterocycles. The van der Waals surface area contributed by atoms with E-state index in [-0.39, 0.29) is 0 Å². The van der Waals surface area contributed by atoms with Crippen LogP contribution < -0.4 is 0 Å². The average molecular weight is 257 g/mol. The molecule has 2 nitrogen and oxygen atoms in total. The molecule has 100 valence electrons. The maximum absolute atomic E-state index is 2.52. The van der Waals surface area contributed by atoms with Gasteiger partial charge in [-0.2, -0.15) is 0 Å². The predicted octanol–water partition coefficient (Wildman–Crippen LogP) is 2.66. The smallest absolute Gasteiger partial charge is 0.340 e. The van der Waals surface area contributed by atoms with Crippen molar-refractivity contribution in [3.8, 4) is 0 Å². The molecular weight excluding hydrogens is 224 g/mol. The van der Waals surface area contributed by atoms with Crippen molar-refractivity contribution in [3.63, 3.8) is 0 Å². The molecule has 0 saturated carbocycles. The maximum atomic E-state index is 2.52. The summed E-state index contributed by atoms with van der Waals surface area (Å²) in [6.45, 7) is 12.7. The van der Waals surface area contributed by atoms with Gasteiger partial charge in [-0.3, -0.25) is 0 Å². The van der Waals surface area contributed by atoms with Gasteiger partial charge in [0.25, 0.3) is 0 Å². The lowest BCUT2D eigenvalue weighted by molar-refractivity contribution is -0.902. The molecule has 2 fully saturated rings. The topological polar surface area (TPSA) is 0 Å². The van der Waals surface area contributed by atoms with E-state index in [9.17, 15) is 0 Å². The van der Waals surface area contributed by atoms with E-state index in [1.807, 2.05) is 0 Å². The quantitative estimate of drug-likeness (QED) is 0.585. The minimum atomic E-state index is -1.32. The van der Waals surface area contributed by atoms with Crippen LogP contribution in [0.4, 0.5) is 0 Å². The first kappa shape index (κ1) is 13.6. The molecule has 0 aromatic carbocycles. The van der Waals surface area contributed by atoms with E-state index in [0.717, 1.165) is 0 Å². The molecule has 2 saturated heterocycles. The highest BCUT2D eigenvalue weighted by Gasteiger charge is 2.78. The van der Waals surface area contributed by atoms with E-state index in [1.165, 1.54) is 33.5 Å². The van der Waals surface area contributed by atoms with Crippen molar-refractivity contribution in [1.29, 1.82) is 0 Å². The standard InChI is InChI=1S/C14H32N2Si/c1-13(2)9-15(5,6)17(11-13)12-14(3,4)10-16(17,7)8/h9-12H2,1-8H3/q+2. The van der Waals surface area contributed by atoms with E-state index in [1.54, 1.807) is 0 Å². The van der Waals surface area contributed by atoms with Gasteiger partial charge in [0.2, 0.25) is 0 Å². The minimum Gasteiger partial charge on any atom is -0.340 e. The van der Waals surface area contributed by atoms with Crippen molar-refractivity contribution in [2.45, 2.75) is 39.8 Å². The molecule has 2 aliphatic heterocycles. The first-order valence-electron chi connectivity index (χ1n) is 6.99. The second-order valence-electron chi connectivity index (χ2n) is 9.35. The molecule has 2 aliphatic rings. The summed E-state index contributed by atoms with van der Waals surface area (Å²) in [6, 6.07) is 3.01. The molecule has 0 amide bonds. The van der Waals surface area contributed by atoms with Gasteiger partial charge in [-0.1, -0.05) is 27.7 Å². The molecule has 0 aromatic rings. The molecule has 2 heterocycles. The van der Waals surface area contributed by atoms with Crippen molar-refractivity contribution in [2.75, 3.05) is 41.3 Å². The van der Waals surface area contributed by atoms with Crippen LogP contribution in [0.25, 0.3) is 0 Å². The Morgan fingerprint density at radius 2 is 1.00 bits per heavy atom.